The van der Waals surface area contributed by atoms with Gasteiger partial charge in [-0.05, 0) is 94.2 Å². The number of rotatable bonds is 7. The van der Waals surface area contributed by atoms with E-state index >= 15 is 0 Å². The molecule has 0 spiro atoms. The SMILES string of the molecule is CCOC(=O)C1CCN(Cc2ccncc2)CC1.O=C([O-])C1CCN(Cc2ccncc2)CC1.[Li+]. The Labute approximate surface area is 220 Å². The zero-order chi connectivity index (χ0) is 24.2. The predicted molar refractivity (Wildman–Crippen MR) is 126 cm³/mol. The van der Waals surface area contributed by atoms with Crippen molar-refractivity contribution in [2.45, 2.75) is 45.7 Å². The number of carboxylic acid groups (broad SMARTS) is 1. The molecule has 0 aromatic carbocycles. The number of aliphatic carboxylic acids is 1. The molecule has 184 valence electrons. The quantitative estimate of drug-likeness (QED) is 0.369. The van der Waals surface area contributed by atoms with Crippen LogP contribution in [0.25, 0.3) is 0 Å². The van der Waals surface area contributed by atoms with Crippen LogP contribution in [0, 0.1) is 11.8 Å². The molecule has 0 unspecified atom stereocenters. The van der Waals surface area contributed by atoms with Crippen molar-refractivity contribution in [2.75, 3.05) is 32.8 Å². The first-order valence-corrected chi connectivity index (χ1v) is 12.1. The summed E-state index contributed by atoms with van der Waals surface area (Å²) in [5, 5.41) is 10.7. The van der Waals surface area contributed by atoms with Crippen molar-refractivity contribution in [3.05, 3.63) is 60.2 Å². The smallest absolute Gasteiger partial charge is 0.550 e. The maximum atomic E-state index is 11.6. The molecule has 2 aliphatic heterocycles. The molecule has 9 heteroatoms. The maximum Gasteiger partial charge on any atom is 1.00 e. The van der Waals surface area contributed by atoms with Crippen LogP contribution in [0.4, 0.5) is 0 Å². The Morgan fingerprint density at radius 3 is 1.60 bits per heavy atom. The second kappa shape index (κ2) is 15.7. The molecule has 8 nitrogen and oxygen atoms in total. The Balaban J connectivity index is 0.000000241. The van der Waals surface area contributed by atoms with Crippen molar-refractivity contribution in [3.63, 3.8) is 0 Å². The number of piperidine rings is 2. The number of esters is 1. The summed E-state index contributed by atoms with van der Waals surface area (Å²) >= 11 is 0. The Morgan fingerprint density at radius 1 is 0.829 bits per heavy atom. The predicted octanol–water partition coefficient (Wildman–Crippen LogP) is -1.10. The standard InChI is InChI=1S/C14H20N2O2.C12H16N2O2.Li/c1-2-18-14(17)13-5-9-16(10-6-13)11-12-3-7-15-8-4-12;15-12(16)11-3-7-14(8-4-11)9-10-1-5-13-6-2-10;/h3-4,7-8,13H,2,5-6,9-11H2,1H3;1-2,5-6,11H,3-4,7-9H2,(H,15,16);/q;;+1/p-1. The molecule has 0 N–H and O–H groups in total. The van der Waals surface area contributed by atoms with E-state index < -0.39 is 5.97 Å². The van der Waals surface area contributed by atoms with Crippen LogP contribution < -0.4 is 24.0 Å². The molecule has 2 aliphatic rings. The fourth-order valence-corrected chi connectivity index (χ4v) is 4.41. The van der Waals surface area contributed by atoms with Crippen LogP contribution >= 0.6 is 0 Å². The second-order valence-corrected chi connectivity index (χ2v) is 8.88. The van der Waals surface area contributed by atoms with Gasteiger partial charge < -0.3 is 14.6 Å². The molecule has 0 saturated carbocycles. The van der Waals surface area contributed by atoms with Gasteiger partial charge in [0.15, 0.2) is 0 Å². The van der Waals surface area contributed by atoms with E-state index in [1.165, 1.54) is 11.1 Å². The Bertz CT molecular complexity index is 871. The van der Waals surface area contributed by atoms with Gasteiger partial charge in [0.1, 0.15) is 0 Å². The van der Waals surface area contributed by atoms with Gasteiger partial charge in [-0.2, -0.15) is 0 Å². The van der Waals surface area contributed by atoms with E-state index in [2.05, 4.69) is 19.8 Å². The minimum absolute atomic E-state index is 0. The Morgan fingerprint density at radius 2 is 1.23 bits per heavy atom. The van der Waals surface area contributed by atoms with Gasteiger partial charge in [0, 0.05) is 49.8 Å². The molecule has 4 rings (SSSR count). The summed E-state index contributed by atoms with van der Waals surface area (Å²) in [6.45, 7) is 7.76. The van der Waals surface area contributed by atoms with Crippen LogP contribution in [0.3, 0.4) is 0 Å². The number of hydrogen-bond acceptors (Lipinski definition) is 8. The molecule has 2 aromatic heterocycles. The first kappa shape index (κ1) is 29.0. The zero-order valence-electron chi connectivity index (χ0n) is 21.0. The number of carboxylic acids is 1. The normalized spacial score (nSPS) is 17.5. The van der Waals surface area contributed by atoms with Crippen LogP contribution in [0.1, 0.15) is 43.7 Å². The minimum atomic E-state index is -0.899. The number of carbonyl (C=O) groups excluding carboxylic acids is 2. The average Bonchev–Trinajstić information content (AvgIpc) is 2.87. The largest absolute Gasteiger partial charge is 1.00 e. The molecule has 2 saturated heterocycles. The first-order chi connectivity index (χ1) is 16.5. The summed E-state index contributed by atoms with van der Waals surface area (Å²) < 4.78 is 5.07. The minimum Gasteiger partial charge on any atom is -0.550 e. The summed E-state index contributed by atoms with van der Waals surface area (Å²) in [7, 11) is 0. The van der Waals surface area contributed by atoms with E-state index in [1.807, 2.05) is 43.6 Å². The van der Waals surface area contributed by atoms with Crippen LogP contribution in [0.5, 0.6) is 0 Å². The molecule has 2 aromatic rings. The van der Waals surface area contributed by atoms with E-state index in [0.717, 1.165) is 52.1 Å². The van der Waals surface area contributed by atoms with Gasteiger partial charge in [-0.3, -0.25) is 24.6 Å². The van der Waals surface area contributed by atoms with Crippen LogP contribution in [-0.4, -0.2) is 64.5 Å². The molecule has 0 radical (unpaired) electrons. The molecule has 2 fully saturated rings. The number of ether oxygens (including phenoxy) is 1. The van der Waals surface area contributed by atoms with Crippen molar-refractivity contribution < 1.29 is 38.3 Å². The molecule has 0 atom stereocenters. The summed E-state index contributed by atoms with van der Waals surface area (Å²) in [4.78, 5) is 34.9. The summed E-state index contributed by atoms with van der Waals surface area (Å²) in [6.07, 6.45) is 10.4. The molecule has 4 heterocycles. The third-order valence-corrected chi connectivity index (χ3v) is 6.44. The summed E-state index contributed by atoms with van der Waals surface area (Å²) in [5.74, 6) is -1.09. The van der Waals surface area contributed by atoms with Crippen molar-refractivity contribution >= 4 is 11.9 Å². The van der Waals surface area contributed by atoms with E-state index in [-0.39, 0.29) is 36.7 Å². The average molecular weight is 475 g/mol. The van der Waals surface area contributed by atoms with Gasteiger partial charge in [0.2, 0.25) is 0 Å². The fourth-order valence-electron chi connectivity index (χ4n) is 4.41. The van der Waals surface area contributed by atoms with Gasteiger partial charge in [-0.1, -0.05) is 0 Å². The van der Waals surface area contributed by atoms with Crippen LogP contribution in [0.15, 0.2) is 49.1 Å². The number of carbonyl (C=O) groups is 2. The molecule has 0 amide bonds. The number of likely N-dealkylation sites (tertiary alicyclic amines) is 2. The van der Waals surface area contributed by atoms with E-state index in [0.29, 0.717) is 19.4 Å². The van der Waals surface area contributed by atoms with Crippen LogP contribution in [-0.2, 0) is 27.4 Å². The molecule has 0 aliphatic carbocycles. The van der Waals surface area contributed by atoms with Crippen LogP contribution in [0.2, 0.25) is 0 Å². The molecular formula is C26H35LiN4O4. The summed E-state index contributed by atoms with van der Waals surface area (Å²) in [5.41, 5.74) is 2.50. The second-order valence-electron chi connectivity index (χ2n) is 8.88. The fraction of sp³-hybridized carbons (Fsp3) is 0.538. The Hall–Kier alpha value is -2.24. The van der Waals surface area contributed by atoms with Gasteiger partial charge in [-0.15, -0.1) is 0 Å². The topological polar surface area (TPSA) is 98.7 Å². The number of pyridine rings is 2. The van der Waals surface area contributed by atoms with E-state index in [9.17, 15) is 14.7 Å². The van der Waals surface area contributed by atoms with Gasteiger partial charge in [0.05, 0.1) is 12.5 Å². The molecular weight excluding hydrogens is 439 g/mol. The van der Waals surface area contributed by atoms with Crippen molar-refractivity contribution in [2.24, 2.45) is 11.8 Å². The van der Waals surface area contributed by atoms with E-state index in [1.54, 1.807) is 12.4 Å². The zero-order valence-corrected chi connectivity index (χ0v) is 21.0. The van der Waals surface area contributed by atoms with Crippen molar-refractivity contribution in [1.82, 2.24) is 19.8 Å². The molecule has 35 heavy (non-hydrogen) atoms. The summed E-state index contributed by atoms with van der Waals surface area (Å²) in [6, 6.07) is 8.06. The van der Waals surface area contributed by atoms with Gasteiger partial charge >= 0.3 is 24.8 Å². The maximum absolute atomic E-state index is 11.6. The van der Waals surface area contributed by atoms with Gasteiger partial charge in [-0.25, -0.2) is 0 Å². The molecule has 0 bridgehead atoms. The third kappa shape index (κ3) is 10.1. The number of aromatic nitrogens is 2. The number of nitrogens with zero attached hydrogens (tertiary/aromatic N) is 4. The van der Waals surface area contributed by atoms with Crippen molar-refractivity contribution in [3.8, 4) is 0 Å². The third-order valence-electron chi connectivity index (χ3n) is 6.44. The number of hydrogen-bond donors (Lipinski definition) is 0. The van der Waals surface area contributed by atoms with Gasteiger partial charge in [0.25, 0.3) is 0 Å². The van der Waals surface area contributed by atoms with Crippen molar-refractivity contribution in [1.29, 1.82) is 0 Å². The Kier molecular flexibility index (Phi) is 13.0. The first-order valence-electron chi connectivity index (χ1n) is 12.1. The van der Waals surface area contributed by atoms with E-state index in [4.69, 9.17) is 4.74 Å². The monoisotopic (exact) mass is 474 g/mol.